The number of carboxylic acids is 1. The van der Waals surface area contributed by atoms with E-state index in [9.17, 15) is 4.79 Å². The number of aliphatic hydroxyl groups is 1. The molecule has 1 aliphatic rings. The van der Waals surface area contributed by atoms with Crippen molar-refractivity contribution in [3.8, 4) is 11.5 Å². The third-order valence-electron chi connectivity index (χ3n) is 2.52. The average Bonchev–Trinajstić information content (AvgIpc) is 2.39. The van der Waals surface area contributed by atoms with E-state index in [4.69, 9.17) is 24.4 Å². The molecule has 1 unspecified atom stereocenters. The van der Waals surface area contributed by atoms with Crippen LogP contribution in [0.15, 0.2) is 16.6 Å². The van der Waals surface area contributed by atoms with Crippen LogP contribution in [0.1, 0.15) is 11.7 Å². The van der Waals surface area contributed by atoms with Crippen LogP contribution in [0.5, 0.6) is 11.5 Å². The monoisotopic (exact) mass is 332 g/mol. The van der Waals surface area contributed by atoms with Gasteiger partial charge in [0.25, 0.3) is 0 Å². The largest absolute Gasteiger partial charge is 0.486 e. The number of carbonyl (C=O) groups is 1. The van der Waals surface area contributed by atoms with E-state index in [2.05, 4.69) is 15.9 Å². The number of hydrogen-bond acceptors (Lipinski definition) is 5. The van der Waals surface area contributed by atoms with Crippen molar-refractivity contribution >= 4 is 21.9 Å². The maximum atomic E-state index is 11.2. The Bertz CT molecular complexity index is 476. The number of ether oxygens (including phenoxy) is 3. The van der Waals surface area contributed by atoms with Gasteiger partial charge in [0, 0.05) is 0 Å². The normalized spacial score (nSPS) is 15.1. The maximum absolute atomic E-state index is 11.2. The molecule has 104 valence electrons. The molecule has 0 bridgehead atoms. The minimum absolute atomic E-state index is 0.0526. The number of rotatable bonds is 5. The summed E-state index contributed by atoms with van der Waals surface area (Å²) in [7, 11) is 0. The summed E-state index contributed by atoms with van der Waals surface area (Å²) in [5.41, 5.74) is 0.428. The topological polar surface area (TPSA) is 85.2 Å². The fourth-order valence-electron chi connectivity index (χ4n) is 1.76. The van der Waals surface area contributed by atoms with Crippen molar-refractivity contribution in [2.24, 2.45) is 0 Å². The van der Waals surface area contributed by atoms with Gasteiger partial charge in [-0.2, -0.15) is 0 Å². The van der Waals surface area contributed by atoms with Crippen LogP contribution < -0.4 is 9.47 Å². The predicted molar refractivity (Wildman–Crippen MR) is 68.5 cm³/mol. The summed E-state index contributed by atoms with van der Waals surface area (Å²) in [6, 6.07) is 3.19. The second kappa shape index (κ2) is 6.23. The molecule has 19 heavy (non-hydrogen) atoms. The van der Waals surface area contributed by atoms with Gasteiger partial charge in [0.05, 0.1) is 17.7 Å². The molecular formula is C12H13BrO6. The highest BCUT2D eigenvalue weighted by Crippen LogP contribution is 2.40. The Morgan fingerprint density at radius 3 is 2.84 bits per heavy atom. The van der Waals surface area contributed by atoms with Crippen molar-refractivity contribution in [3.63, 3.8) is 0 Å². The first-order valence-electron chi connectivity index (χ1n) is 5.67. The van der Waals surface area contributed by atoms with Crippen LogP contribution in [-0.2, 0) is 9.53 Å². The molecule has 2 N–H and O–H groups in total. The Kier molecular flexibility index (Phi) is 4.62. The summed E-state index contributed by atoms with van der Waals surface area (Å²) in [6.45, 7) is 0.574. The molecule has 0 aliphatic carbocycles. The van der Waals surface area contributed by atoms with Crippen LogP contribution in [0.2, 0.25) is 0 Å². The minimum Gasteiger partial charge on any atom is -0.486 e. The molecule has 1 aromatic carbocycles. The number of aliphatic hydroxyl groups excluding tert-OH is 1. The number of carboxylic acid groups (broad SMARTS) is 1. The fraction of sp³-hybridized carbons (Fsp3) is 0.417. The molecule has 1 heterocycles. The van der Waals surface area contributed by atoms with Gasteiger partial charge in [0.2, 0.25) is 0 Å². The highest BCUT2D eigenvalue weighted by Gasteiger charge is 2.25. The fourth-order valence-corrected chi connectivity index (χ4v) is 2.34. The lowest BCUT2D eigenvalue weighted by atomic mass is 10.1. The van der Waals surface area contributed by atoms with Gasteiger partial charge in [-0.1, -0.05) is 0 Å². The van der Waals surface area contributed by atoms with Gasteiger partial charge < -0.3 is 24.4 Å². The van der Waals surface area contributed by atoms with Gasteiger partial charge in [-0.05, 0) is 33.6 Å². The lowest BCUT2D eigenvalue weighted by Crippen LogP contribution is -2.19. The SMILES string of the molecule is O=C(O)C(OCCO)c1cc(Br)c2c(c1)OCCO2. The van der Waals surface area contributed by atoms with Gasteiger partial charge in [-0.15, -0.1) is 0 Å². The molecule has 7 heteroatoms. The summed E-state index contributed by atoms with van der Waals surface area (Å²) < 4.78 is 16.6. The Hall–Kier alpha value is -1.31. The zero-order chi connectivity index (χ0) is 13.8. The first kappa shape index (κ1) is 14.1. The van der Waals surface area contributed by atoms with Gasteiger partial charge in [-0.25, -0.2) is 4.79 Å². The van der Waals surface area contributed by atoms with Crippen LogP contribution in [0.25, 0.3) is 0 Å². The second-order valence-corrected chi connectivity index (χ2v) is 4.69. The minimum atomic E-state index is -1.15. The lowest BCUT2D eigenvalue weighted by Gasteiger charge is -2.22. The van der Waals surface area contributed by atoms with E-state index in [1.165, 1.54) is 0 Å². The third-order valence-corrected chi connectivity index (χ3v) is 3.11. The molecular weight excluding hydrogens is 320 g/mol. The van der Waals surface area contributed by atoms with Crippen molar-refractivity contribution in [1.82, 2.24) is 0 Å². The Morgan fingerprint density at radius 2 is 2.16 bits per heavy atom. The summed E-state index contributed by atoms with van der Waals surface area (Å²) in [5.74, 6) is -0.0900. The van der Waals surface area contributed by atoms with Crippen LogP contribution in [0.4, 0.5) is 0 Å². The van der Waals surface area contributed by atoms with E-state index in [0.717, 1.165) is 0 Å². The molecule has 0 saturated heterocycles. The van der Waals surface area contributed by atoms with Gasteiger partial charge in [-0.3, -0.25) is 0 Å². The van der Waals surface area contributed by atoms with Crippen molar-refractivity contribution < 1.29 is 29.2 Å². The molecule has 0 fully saturated rings. The molecule has 2 rings (SSSR count). The summed E-state index contributed by atoms with van der Waals surface area (Å²) in [6.07, 6.45) is -1.15. The molecule has 0 spiro atoms. The van der Waals surface area contributed by atoms with Crippen LogP contribution in [0.3, 0.4) is 0 Å². The molecule has 6 nitrogen and oxygen atoms in total. The van der Waals surface area contributed by atoms with Crippen molar-refractivity contribution in [2.75, 3.05) is 26.4 Å². The summed E-state index contributed by atoms with van der Waals surface area (Å²) in [5, 5.41) is 17.9. The summed E-state index contributed by atoms with van der Waals surface area (Å²) >= 11 is 3.32. The summed E-state index contributed by atoms with van der Waals surface area (Å²) in [4.78, 5) is 11.2. The zero-order valence-corrected chi connectivity index (χ0v) is 11.6. The van der Waals surface area contributed by atoms with E-state index < -0.39 is 12.1 Å². The van der Waals surface area contributed by atoms with Crippen LogP contribution in [-0.4, -0.2) is 42.6 Å². The van der Waals surface area contributed by atoms with Crippen molar-refractivity contribution in [2.45, 2.75) is 6.10 Å². The smallest absolute Gasteiger partial charge is 0.337 e. The molecule has 0 amide bonds. The van der Waals surface area contributed by atoms with Gasteiger partial charge >= 0.3 is 5.97 Å². The number of halogens is 1. The Morgan fingerprint density at radius 1 is 1.42 bits per heavy atom. The standard InChI is InChI=1S/C12H13BrO6/c13-8-5-7(10(12(15)16)18-2-1-14)6-9-11(8)19-4-3-17-9/h5-6,10,14H,1-4H2,(H,15,16). The van der Waals surface area contributed by atoms with E-state index in [0.29, 0.717) is 34.7 Å². The number of hydrogen-bond donors (Lipinski definition) is 2. The number of benzene rings is 1. The Balaban J connectivity index is 2.32. The van der Waals surface area contributed by atoms with E-state index >= 15 is 0 Å². The highest BCUT2D eigenvalue weighted by atomic mass is 79.9. The zero-order valence-electron chi connectivity index (χ0n) is 9.97. The quantitative estimate of drug-likeness (QED) is 0.846. The lowest BCUT2D eigenvalue weighted by molar-refractivity contribution is -0.151. The maximum Gasteiger partial charge on any atom is 0.337 e. The molecule has 1 aromatic rings. The third kappa shape index (κ3) is 3.17. The first-order chi connectivity index (χ1) is 9.13. The van der Waals surface area contributed by atoms with Crippen molar-refractivity contribution in [1.29, 1.82) is 0 Å². The van der Waals surface area contributed by atoms with E-state index in [-0.39, 0.29) is 13.2 Å². The molecule has 1 aliphatic heterocycles. The second-order valence-electron chi connectivity index (χ2n) is 3.84. The number of aliphatic carboxylic acids is 1. The van der Waals surface area contributed by atoms with Gasteiger partial charge in [0.1, 0.15) is 13.2 Å². The Labute approximate surface area is 118 Å². The molecule has 0 radical (unpaired) electrons. The molecule has 0 saturated carbocycles. The molecule has 0 aromatic heterocycles. The number of fused-ring (bicyclic) bond motifs is 1. The van der Waals surface area contributed by atoms with E-state index in [1.807, 2.05) is 0 Å². The van der Waals surface area contributed by atoms with Crippen LogP contribution >= 0.6 is 15.9 Å². The average molecular weight is 333 g/mol. The predicted octanol–water partition coefficient (Wildman–Crippen LogP) is 1.35. The van der Waals surface area contributed by atoms with Crippen LogP contribution in [0, 0.1) is 0 Å². The molecule has 1 atom stereocenters. The van der Waals surface area contributed by atoms with E-state index in [1.54, 1.807) is 12.1 Å². The van der Waals surface area contributed by atoms with Gasteiger partial charge in [0.15, 0.2) is 17.6 Å². The highest BCUT2D eigenvalue weighted by molar-refractivity contribution is 9.10. The van der Waals surface area contributed by atoms with Crippen molar-refractivity contribution in [3.05, 3.63) is 22.2 Å². The first-order valence-corrected chi connectivity index (χ1v) is 6.47.